The minimum Gasteiger partial charge on any atom is -0.381 e. The molecule has 0 bridgehead atoms. The SMILES string of the molecule is CN(c1ccccc1)c1nc(N)nc(-c2noc(C(=O)N3C[C@H]4[C@H](COCCC(F)(F)F)[C@@]4(F)C3)n2)n1. The van der Waals surface area contributed by atoms with Crippen LogP contribution in [-0.4, -0.2) is 81.1 Å². The molecule has 37 heavy (non-hydrogen) atoms. The molecule has 15 heteroatoms. The molecule has 3 heterocycles. The maximum absolute atomic E-state index is 15.1. The third-order valence-corrected chi connectivity index (χ3v) is 6.47. The van der Waals surface area contributed by atoms with Crippen LogP contribution < -0.4 is 10.6 Å². The summed E-state index contributed by atoms with van der Waals surface area (Å²) in [6, 6.07) is 9.26. The van der Waals surface area contributed by atoms with Gasteiger partial charge in [-0.1, -0.05) is 23.4 Å². The Labute approximate surface area is 207 Å². The van der Waals surface area contributed by atoms with Crippen molar-refractivity contribution in [3.63, 3.8) is 0 Å². The maximum Gasteiger partial charge on any atom is 0.391 e. The Bertz CT molecular complexity index is 1290. The predicted molar refractivity (Wildman–Crippen MR) is 120 cm³/mol. The van der Waals surface area contributed by atoms with Crippen LogP contribution >= 0.6 is 0 Å². The van der Waals surface area contributed by atoms with Crippen molar-refractivity contribution >= 4 is 23.5 Å². The quantitative estimate of drug-likeness (QED) is 0.347. The zero-order valence-electron chi connectivity index (χ0n) is 19.5. The molecule has 2 aliphatic rings. The lowest BCUT2D eigenvalue weighted by Gasteiger charge is -2.19. The van der Waals surface area contributed by atoms with Gasteiger partial charge in [-0.15, -0.1) is 0 Å². The van der Waals surface area contributed by atoms with Crippen LogP contribution in [0.3, 0.4) is 0 Å². The zero-order chi connectivity index (χ0) is 26.4. The van der Waals surface area contributed by atoms with Gasteiger partial charge in [0.05, 0.1) is 26.2 Å². The third-order valence-electron chi connectivity index (χ3n) is 6.47. The Morgan fingerprint density at radius 3 is 2.65 bits per heavy atom. The fourth-order valence-electron chi connectivity index (χ4n) is 4.42. The molecule has 1 aliphatic heterocycles. The number of para-hydroxylation sites is 1. The van der Waals surface area contributed by atoms with E-state index in [1.54, 1.807) is 11.9 Å². The van der Waals surface area contributed by atoms with Gasteiger partial charge in [0.15, 0.2) is 0 Å². The molecule has 3 aromatic rings. The normalized spacial score (nSPS) is 22.7. The summed E-state index contributed by atoms with van der Waals surface area (Å²) in [6.45, 7) is -0.845. The molecular weight excluding hydrogens is 500 g/mol. The lowest BCUT2D eigenvalue weighted by Crippen LogP contribution is -2.35. The monoisotopic (exact) mass is 522 g/mol. The molecule has 11 nitrogen and oxygen atoms in total. The fraction of sp³-hybridized carbons (Fsp3) is 0.455. The van der Waals surface area contributed by atoms with Gasteiger partial charge in [-0.3, -0.25) is 4.79 Å². The maximum atomic E-state index is 15.1. The smallest absolute Gasteiger partial charge is 0.381 e. The van der Waals surface area contributed by atoms with Crippen LogP contribution in [0.1, 0.15) is 17.1 Å². The van der Waals surface area contributed by atoms with Crippen LogP contribution in [-0.2, 0) is 4.74 Å². The number of ether oxygens (including phenoxy) is 1. The lowest BCUT2D eigenvalue weighted by atomic mass is 10.2. The molecule has 0 spiro atoms. The summed E-state index contributed by atoms with van der Waals surface area (Å²) in [5, 5.41) is 3.76. The molecule has 1 aliphatic carbocycles. The Morgan fingerprint density at radius 1 is 1.22 bits per heavy atom. The van der Waals surface area contributed by atoms with Gasteiger partial charge in [-0.25, -0.2) is 4.39 Å². The number of hydrogen-bond donors (Lipinski definition) is 1. The summed E-state index contributed by atoms with van der Waals surface area (Å²) in [5.74, 6) is -2.14. The second-order valence-electron chi connectivity index (χ2n) is 8.90. The lowest BCUT2D eigenvalue weighted by molar-refractivity contribution is -0.145. The van der Waals surface area contributed by atoms with Gasteiger partial charge < -0.3 is 24.8 Å². The van der Waals surface area contributed by atoms with Gasteiger partial charge in [-0.2, -0.15) is 33.1 Å². The number of fused-ring (bicyclic) bond motifs is 1. The first-order chi connectivity index (χ1) is 17.5. The number of hydrogen-bond acceptors (Lipinski definition) is 10. The number of piperidine rings is 1. The molecule has 196 valence electrons. The van der Waals surface area contributed by atoms with E-state index in [2.05, 4.69) is 25.1 Å². The first-order valence-electron chi connectivity index (χ1n) is 11.3. The van der Waals surface area contributed by atoms with Crippen molar-refractivity contribution in [2.45, 2.75) is 18.3 Å². The summed E-state index contributed by atoms with van der Waals surface area (Å²) < 4.78 is 61.8. The van der Waals surface area contributed by atoms with E-state index in [-0.39, 0.29) is 49.1 Å². The van der Waals surface area contributed by atoms with E-state index in [1.165, 1.54) is 4.90 Å². The molecule has 1 saturated carbocycles. The molecule has 0 unspecified atom stereocenters. The number of halogens is 4. The predicted octanol–water partition coefficient (Wildman–Crippen LogP) is 2.65. The van der Waals surface area contributed by atoms with Gasteiger partial charge >= 0.3 is 18.0 Å². The minimum atomic E-state index is -4.33. The molecule has 3 atom stereocenters. The second kappa shape index (κ2) is 9.21. The van der Waals surface area contributed by atoms with Gasteiger partial charge in [-0.05, 0) is 12.1 Å². The highest BCUT2D eigenvalue weighted by molar-refractivity contribution is 5.90. The summed E-state index contributed by atoms with van der Waals surface area (Å²) in [4.78, 5) is 32.2. The van der Waals surface area contributed by atoms with E-state index in [4.69, 9.17) is 15.0 Å². The third kappa shape index (κ3) is 5.03. The fourth-order valence-corrected chi connectivity index (χ4v) is 4.42. The number of nitrogens with zero attached hydrogens (tertiary/aromatic N) is 7. The molecule has 2 aromatic heterocycles. The zero-order valence-corrected chi connectivity index (χ0v) is 19.5. The Kier molecular flexibility index (Phi) is 6.17. The molecule has 1 saturated heterocycles. The van der Waals surface area contributed by atoms with Crippen molar-refractivity contribution in [2.75, 3.05) is 44.0 Å². The molecule has 2 fully saturated rings. The van der Waals surface area contributed by atoms with Gasteiger partial charge in [0.2, 0.25) is 23.5 Å². The van der Waals surface area contributed by atoms with Gasteiger partial charge in [0, 0.05) is 31.1 Å². The van der Waals surface area contributed by atoms with E-state index in [0.29, 0.717) is 0 Å². The number of nitrogens with two attached hydrogens (primary N) is 1. The highest BCUT2D eigenvalue weighted by Crippen LogP contribution is 2.58. The number of rotatable bonds is 8. The molecule has 1 aromatic carbocycles. The van der Waals surface area contributed by atoms with E-state index in [0.717, 1.165) is 5.69 Å². The van der Waals surface area contributed by atoms with Crippen LogP contribution in [0.5, 0.6) is 0 Å². The largest absolute Gasteiger partial charge is 0.391 e. The summed E-state index contributed by atoms with van der Waals surface area (Å²) in [7, 11) is 1.74. The first-order valence-corrected chi connectivity index (χ1v) is 11.3. The minimum absolute atomic E-state index is 0.0182. The molecular formula is C22H22F4N8O3. The van der Waals surface area contributed by atoms with E-state index >= 15 is 4.39 Å². The number of likely N-dealkylation sites (tertiary alicyclic amines) is 1. The van der Waals surface area contributed by atoms with E-state index in [1.807, 2.05) is 30.3 Å². The highest BCUT2D eigenvalue weighted by Gasteiger charge is 2.71. The summed E-state index contributed by atoms with van der Waals surface area (Å²) in [6.07, 6.45) is -5.42. The molecule has 5 rings (SSSR count). The van der Waals surface area contributed by atoms with Crippen LogP contribution in [0, 0.1) is 11.8 Å². The number of aromatic nitrogens is 5. The van der Waals surface area contributed by atoms with Crippen molar-refractivity contribution in [3.05, 3.63) is 36.2 Å². The number of nitrogen functional groups attached to an aromatic ring is 1. The molecule has 1 amide bonds. The van der Waals surface area contributed by atoms with Crippen LogP contribution in [0.4, 0.5) is 35.1 Å². The topological polar surface area (TPSA) is 136 Å². The van der Waals surface area contributed by atoms with E-state index in [9.17, 15) is 18.0 Å². The van der Waals surface area contributed by atoms with Crippen molar-refractivity contribution in [1.29, 1.82) is 0 Å². The van der Waals surface area contributed by atoms with Crippen molar-refractivity contribution in [2.24, 2.45) is 11.8 Å². The Morgan fingerprint density at radius 2 is 1.97 bits per heavy atom. The van der Waals surface area contributed by atoms with Gasteiger partial charge in [0.1, 0.15) is 5.67 Å². The van der Waals surface area contributed by atoms with Crippen molar-refractivity contribution < 1.29 is 31.6 Å². The number of anilines is 3. The number of carbonyl (C=O) groups is 1. The summed E-state index contributed by atoms with van der Waals surface area (Å²) >= 11 is 0. The highest BCUT2D eigenvalue weighted by atomic mass is 19.4. The van der Waals surface area contributed by atoms with Crippen molar-refractivity contribution in [1.82, 2.24) is 30.0 Å². The molecule has 2 N–H and O–H groups in total. The molecule has 0 radical (unpaired) electrons. The number of alkyl halides is 4. The van der Waals surface area contributed by atoms with Crippen LogP contribution in [0.25, 0.3) is 11.6 Å². The number of benzene rings is 1. The first kappa shape index (κ1) is 24.8. The Balaban J connectivity index is 1.22. The standard InChI is InChI=1S/C22H22F4N8O3/c1-33(12-5-3-2-4-6-12)20-30-15(29-19(27)31-20)16-28-17(37-32-16)18(35)34-9-13-14(21(13,23)11-34)10-36-8-7-22(24,25)26/h2-6,13-14H,7-11H2,1H3,(H2,27,29,30,31)/t13-,14-,21+/m0/s1. The van der Waals surface area contributed by atoms with Gasteiger partial charge in [0.25, 0.3) is 0 Å². The van der Waals surface area contributed by atoms with Crippen LogP contribution in [0.2, 0.25) is 0 Å². The summed E-state index contributed by atoms with van der Waals surface area (Å²) in [5.41, 5.74) is 4.91. The number of carbonyl (C=O) groups excluding carboxylic acids is 1. The average Bonchev–Trinajstić information content (AvgIpc) is 3.22. The van der Waals surface area contributed by atoms with E-state index < -0.39 is 42.6 Å². The van der Waals surface area contributed by atoms with Crippen LogP contribution in [0.15, 0.2) is 34.9 Å². The number of amides is 1. The second-order valence-corrected chi connectivity index (χ2v) is 8.90. The Hall–Kier alpha value is -3.88. The van der Waals surface area contributed by atoms with Crippen molar-refractivity contribution in [3.8, 4) is 11.6 Å². The average molecular weight is 522 g/mol.